The van der Waals surface area contributed by atoms with Crippen LogP contribution in [0.1, 0.15) is 50.0 Å². The van der Waals surface area contributed by atoms with Gasteiger partial charge in [-0.15, -0.1) is 0 Å². The number of fused-ring (bicyclic) bond motifs is 1. The van der Waals surface area contributed by atoms with Crippen LogP contribution in [0.15, 0.2) is 54.7 Å². The molecule has 1 aliphatic carbocycles. The van der Waals surface area contributed by atoms with Gasteiger partial charge in [-0.05, 0) is 54.3 Å². The van der Waals surface area contributed by atoms with Crippen molar-refractivity contribution in [1.29, 1.82) is 0 Å². The number of nitrogens with two attached hydrogens (primary N) is 1. The zero-order chi connectivity index (χ0) is 22.1. The Morgan fingerprint density at radius 1 is 1.23 bits per heavy atom. The van der Waals surface area contributed by atoms with Crippen molar-refractivity contribution in [3.05, 3.63) is 93.5 Å². The molecule has 0 saturated carbocycles. The highest BCUT2D eigenvalue weighted by Gasteiger charge is 2.35. The van der Waals surface area contributed by atoms with E-state index in [1.165, 1.54) is 29.3 Å². The lowest BCUT2D eigenvalue weighted by molar-refractivity contribution is 0.0652. The van der Waals surface area contributed by atoms with E-state index in [0.29, 0.717) is 29.5 Å². The standard InChI is InChI=1S/C23H19ClFN3O3/c24-14-10-17-15(18(25)11-14)7-8-19(17)28(23(31)16-5-1-2-6-20(16)29)12-13-4-3-9-27-21(13)22(26)30/h1-6,9-11,19,29H,7-8,12H2,(H2,26,30)/t19-/m0/s1. The molecule has 158 valence electrons. The molecule has 1 aliphatic rings. The van der Waals surface area contributed by atoms with Gasteiger partial charge in [-0.3, -0.25) is 14.6 Å². The van der Waals surface area contributed by atoms with E-state index in [0.717, 1.165) is 0 Å². The number of aromatic hydroxyl groups is 1. The van der Waals surface area contributed by atoms with Gasteiger partial charge in [0.2, 0.25) is 0 Å². The molecule has 31 heavy (non-hydrogen) atoms. The fraction of sp³-hybridized carbons (Fsp3) is 0.174. The maximum Gasteiger partial charge on any atom is 0.267 e. The Kier molecular flexibility index (Phi) is 5.61. The number of aromatic nitrogens is 1. The van der Waals surface area contributed by atoms with Gasteiger partial charge in [-0.1, -0.05) is 29.8 Å². The molecular weight excluding hydrogens is 421 g/mol. The van der Waals surface area contributed by atoms with Crippen LogP contribution in [0, 0.1) is 5.82 Å². The molecule has 8 heteroatoms. The maximum atomic E-state index is 14.5. The number of primary amides is 1. The molecule has 1 heterocycles. The SMILES string of the molecule is NC(=O)c1ncccc1CN(C(=O)c1ccccc1O)[C@H]1CCc2c(F)cc(Cl)cc21. The number of pyridine rings is 1. The van der Waals surface area contributed by atoms with E-state index in [-0.39, 0.29) is 28.6 Å². The summed E-state index contributed by atoms with van der Waals surface area (Å²) in [7, 11) is 0. The quantitative estimate of drug-likeness (QED) is 0.627. The lowest BCUT2D eigenvalue weighted by atomic mass is 10.0. The molecular formula is C23H19ClFN3O3. The number of benzene rings is 2. The second kappa shape index (κ2) is 8.35. The summed E-state index contributed by atoms with van der Waals surface area (Å²) in [6.45, 7) is -0.00246. The first-order valence-corrected chi connectivity index (χ1v) is 10.0. The summed E-state index contributed by atoms with van der Waals surface area (Å²) in [5.41, 5.74) is 7.18. The Labute approximate surface area is 183 Å². The van der Waals surface area contributed by atoms with Crippen LogP contribution in [-0.2, 0) is 13.0 Å². The summed E-state index contributed by atoms with van der Waals surface area (Å²) in [5.74, 6) is -1.77. The van der Waals surface area contributed by atoms with Crippen LogP contribution >= 0.6 is 11.6 Å². The molecule has 4 rings (SSSR count). The number of phenols is 1. The lowest BCUT2D eigenvalue weighted by Crippen LogP contribution is -2.34. The van der Waals surface area contributed by atoms with E-state index in [9.17, 15) is 19.1 Å². The predicted octanol–water partition coefficient (Wildman–Crippen LogP) is 4.01. The Morgan fingerprint density at radius 3 is 2.74 bits per heavy atom. The van der Waals surface area contributed by atoms with Crippen LogP contribution in [0.2, 0.25) is 5.02 Å². The average Bonchev–Trinajstić information content (AvgIpc) is 3.16. The number of nitrogens with zero attached hydrogens (tertiary/aromatic N) is 2. The van der Waals surface area contributed by atoms with Crippen LogP contribution in [0.3, 0.4) is 0 Å². The molecule has 2 amide bonds. The summed E-state index contributed by atoms with van der Waals surface area (Å²) < 4.78 is 14.5. The van der Waals surface area contributed by atoms with E-state index >= 15 is 0 Å². The highest BCUT2D eigenvalue weighted by molar-refractivity contribution is 6.30. The maximum absolute atomic E-state index is 14.5. The van der Waals surface area contributed by atoms with Crippen molar-refractivity contribution in [3.63, 3.8) is 0 Å². The molecule has 0 spiro atoms. The summed E-state index contributed by atoms with van der Waals surface area (Å²) in [6.07, 6.45) is 2.35. The number of rotatable bonds is 5. The van der Waals surface area contributed by atoms with E-state index in [4.69, 9.17) is 17.3 Å². The summed E-state index contributed by atoms with van der Waals surface area (Å²) in [4.78, 5) is 30.9. The van der Waals surface area contributed by atoms with Crippen molar-refractivity contribution in [1.82, 2.24) is 9.88 Å². The van der Waals surface area contributed by atoms with E-state index < -0.39 is 23.7 Å². The Balaban J connectivity index is 1.81. The monoisotopic (exact) mass is 439 g/mol. The van der Waals surface area contributed by atoms with Gasteiger partial charge in [0, 0.05) is 23.3 Å². The number of halogens is 2. The Morgan fingerprint density at radius 2 is 2.00 bits per heavy atom. The first-order valence-electron chi connectivity index (χ1n) is 9.67. The molecule has 6 nitrogen and oxygen atoms in total. The topological polar surface area (TPSA) is 96.5 Å². The zero-order valence-electron chi connectivity index (χ0n) is 16.4. The normalized spacial score (nSPS) is 14.8. The Bertz CT molecular complexity index is 1180. The third-order valence-corrected chi connectivity index (χ3v) is 5.68. The third kappa shape index (κ3) is 3.96. The van der Waals surface area contributed by atoms with Crippen LogP contribution < -0.4 is 5.73 Å². The number of amides is 2. The van der Waals surface area contributed by atoms with E-state index in [2.05, 4.69) is 4.98 Å². The van der Waals surface area contributed by atoms with Crippen molar-refractivity contribution in [2.75, 3.05) is 0 Å². The Hall–Kier alpha value is -3.45. The van der Waals surface area contributed by atoms with Gasteiger partial charge in [0.1, 0.15) is 17.3 Å². The van der Waals surface area contributed by atoms with Crippen LogP contribution in [0.25, 0.3) is 0 Å². The largest absolute Gasteiger partial charge is 0.507 e. The van der Waals surface area contributed by atoms with Crippen LogP contribution in [-0.4, -0.2) is 26.8 Å². The molecule has 0 bridgehead atoms. The molecule has 0 saturated heterocycles. The minimum atomic E-state index is -0.716. The highest BCUT2D eigenvalue weighted by Crippen LogP contribution is 2.40. The lowest BCUT2D eigenvalue weighted by Gasteiger charge is -2.31. The molecule has 0 radical (unpaired) electrons. The summed E-state index contributed by atoms with van der Waals surface area (Å²) in [6, 6.07) is 11.9. The highest BCUT2D eigenvalue weighted by atomic mass is 35.5. The molecule has 2 aromatic carbocycles. The predicted molar refractivity (Wildman–Crippen MR) is 113 cm³/mol. The van der Waals surface area contributed by atoms with Gasteiger partial charge in [0.05, 0.1) is 11.6 Å². The van der Waals surface area contributed by atoms with Crippen molar-refractivity contribution in [2.24, 2.45) is 5.73 Å². The number of carbonyl (C=O) groups is 2. The fourth-order valence-corrected chi connectivity index (χ4v) is 4.26. The molecule has 3 aromatic rings. The van der Waals surface area contributed by atoms with Gasteiger partial charge in [0.15, 0.2) is 0 Å². The van der Waals surface area contributed by atoms with Crippen molar-refractivity contribution in [3.8, 4) is 5.75 Å². The molecule has 1 atom stereocenters. The number of hydrogen-bond acceptors (Lipinski definition) is 4. The summed E-state index contributed by atoms with van der Waals surface area (Å²) in [5, 5.41) is 10.5. The second-order valence-corrected chi connectivity index (χ2v) is 7.77. The van der Waals surface area contributed by atoms with Crippen molar-refractivity contribution >= 4 is 23.4 Å². The van der Waals surface area contributed by atoms with E-state index in [1.54, 1.807) is 30.3 Å². The minimum absolute atomic E-state index is 0.00246. The first-order chi connectivity index (χ1) is 14.9. The van der Waals surface area contributed by atoms with Gasteiger partial charge in [0.25, 0.3) is 11.8 Å². The van der Waals surface area contributed by atoms with Crippen molar-refractivity contribution < 1.29 is 19.1 Å². The third-order valence-electron chi connectivity index (χ3n) is 5.46. The number of carbonyl (C=O) groups excluding carboxylic acids is 2. The molecule has 0 aliphatic heterocycles. The van der Waals surface area contributed by atoms with E-state index in [1.807, 2.05) is 0 Å². The first kappa shape index (κ1) is 20.8. The van der Waals surface area contributed by atoms with Gasteiger partial charge < -0.3 is 15.7 Å². The minimum Gasteiger partial charge on any atom is -0.507 e. The van der Waals surface area contributed by atoms with Gasteiger partial charge >= 0.3 is 0 Å². The van der Waals surface area contributed by atoms with Gasteiger partial charge in [-0.25, -0.2) is 4.39 Å². The van der Waals surface area contributed by atoms with Gasteiger partial charge in [-0.2, -0.15) is 0 Å². The molecule has 0 unspecified atom stereocenters. The molecule has 1 aromatic heterocycles. The second-order valence-electron chi connectivity index (χ2n) is 7.34. The molecule has 0 fully saturated rings. The van der Waals surface area contributed by atoms with Crippen molar-refractivity contribution in [2.45, 2.75) is 25.4 Å². The molecule has 3 N–H and O–H groups in total. The fourth-order valence-electron chi connectivity index (χ4n) is 4.05. The van der Waals surface area contributed by atoms with Crippen LogP contribution in [0.5, 0.6) is 5.75 Å². The van der Waals surface area contributed by atoms with Crippen LogP contribution in [0.4, 0.5) is 4.39 Å². The zero-order valence-corrected chi connectivity index (χ0v) is 17.1. The average molecular weight is 440 g/mol. The number of phenolic OH excluding ortho intramolecular Hbond substituents is 1. The number of para-hydroxylation sites is 1. The smallest absolute Gasteiger partial charge is 0.267 e. The summed E-state index contributed by atoms with van der Waals surface area (Å²) >= 11 is 6.09. The number of hydrogen-bond donors (Lipinski definition) is 2.